The van der Waals surface area contributed by atoms with Gasteiger partial charge in [-0.2, -0.15) is 0 Å². The molecule has 3 rings (SSSR count). The quantitative estimate of drug-likeness (QED) is 0.821. The molecule has 0 aliphatic carbocycles. The van der Waals surface area contributed by atoms with Gasteiger partial charge in [-0.1, -0.05) is 24.3 Å². The minimum atomic E-state index is 0.0235. The minimum Gasteiger partial charge on any atom is -0.398 e. The lowest BCUT2D eigenvalue weighted by atomic mass is 10.1. The van der Waals surface area contributed by atoms with Crippen LogP contribution in [0.4, 0.5) is 5.69 Å². The zero-order chi connectivity index (χ0) is 13.4. The smallest absolute Gasteiger partial charge is 0.254 e. The highest BCUT2D eigenvalue weighted by atomic mass is 79.9. The first-order chi connectivity index (χ1) is 9.15. The number of hydrogen-bond acceptors (Lipinski definition) is 2. The molecule has 1 aliphatic heterocycles. The Balaban J connectivity index is 1.85. The molecule has 0 unspecified atom stereocenters. The van der Waals surface area contributed by atoms with E-state index in [1.807, 2.05) is 23.1 Å². The summed E-state index contributed by atoms with van der Waals surface area (Å²) in [6.45, 7) is 1.34. The fraction of sp³-hybridized carbons (Fsp3) is 0.133. The van der Waals surface area contributed by atoms with Crippen molar-refractivity contribution >= 4 is 27.5 Å². The first kappa shape index (κ1) is 12.2. The van der Waals surface area contributed by atoms with E-state index in [1.165, 1.54) is 11.1 Å². The highest BCUT2D eigenvalue weighted by Gasteiger charge is 2.23. The summed E-state index contributed by atoms with van der Waals surface area (Å²) in [6.07, 6.45) is 0. The number of nitrogens with zero attached hydrogens (tertiary/aromatic N) is 1. The summed E-state index contributed by atoms with van der Waals surface area (Å²) < 4.78 is 0.814. The Hall–Kier alpha value is -1.81. The highest BCUT2D eigenvalue weighted by molar-refractivity contribution is 9.10. The molecule has 2 N–H and O–H groups in total. The van der Waals surface area contributed by atoms with E-state index >= 15 is 0 Å². The molecular formula is C15H13BrN2O. The molecule has 3 nitrogen and oxygen atoms in total. The number of hydrogen-bond donors (Lipinski definition) is 1. The monoisotopic (exact) mass is 316 g/mol. The Kier molecular flexibility index (Phi) is 3.03. The molecule has 0 radical (unpaired) electrons. The van der Waals surface area contributed by atoms with Crippen LogP contribution in [0.3, 0.4) is 0 Å². The second kappa shape index (κ2) is 4.70. The second-order valence-electron chi connectivity index (χ2n) is 4.67. The van der Waals surface area contributed by atoms with E-state index in [4.69, 9.17) is 5.73 Å². The molecule has 0 saturated heterocycles. The number of amides is 1. The van der Waals surface area contributed by atoms with E-state index in [1.54, 1.807) is 12.1 Å². The predicted octanol–water partition coefficient (Wildman–Crippen LogP) is 3.19. The van der Waals surface area contributed by atoms with Crippen molar-refractivity contribution in [3.8, 4) is 0 Å². The van der Waals surface area contributed by atoms with Crippen molar-refractivity contribution in [2.75, 3.05) is 5.73 Å². The Bertz CT molecular complexity index is 629. The Morgan fingerprint density at radius 2 is 1.74 bits per heavy atom. The van der Waals surface area contributed by atoms with Crippen LogP contribution in [0, 0.1) is 0 Å². The zero-order valence-corrected chi connectivity index (χ0v) is 11.9. The third-order valence-corrected chi connectivity index (χ3v) is 4.09. The normalized spacial score (nSPS) is 13.4. The molecule has 96 valence electrons. The number of halogens is 1. The van der Waals surface area contributed by atoms with E-state index in [-0.39, 0.29) is 5.91 Å². The number of carbonyl (C=O) groups is 1. The molecule has 4 heteroatoms. The van der Waals surface area contributed by atoms with Gasteiger partial charge in [0.1, 0.15) is 0 Å². The van der Waals surface area contributed by atoms with Crippen LogP contribution >= 0.6 is 15.9 Å². The average Bonchev–Trinajstić information content (AvgIpc) is 2.85. The van der Waals surface area contributed by atoms with Crippen LogP contribution in [0.15, 0.2) is 46.9 Å². The molecule has 0 aromatic heterocycles. The van der Waals surface area contributed by atoms with E-state index in [0.29, 0.717) is 24.3 Å². The summed E-state index contributed by atoms with van der Waals surface area (Å²) in [7, 11) is 0. The third kappa shape index (κ3) is 2.24. The van der Waals surface area contributed by atoms with Gasteiger partial charge in [0, 0.05) is 28.8 Å². The molecule has 1 aliphatic rings. The van der Waals surface area contributed by atoms with E-state index in [9.17, 15) is 4.79 Å². The van der Waals surface area contributed by atoms with Gasteiger partial charge in [-0.25, -0.2) is 0 Å². The summed E-state index contributed by atoms with van der Waals surface area (Å²) in [6, 6.07) is 13.5. The summed E-state index contributed by atoms with van der Waals surface area (Å²) in [5.41, 5.74) is 9.49. The molecule has 0 spiro atoms. The molecule has 2 aromatic carbocycles. The minimum absolute atomic E-state index is 0.0235. The first-order valence-electron chi connectivity index (χ1n) is 6.06. The van der Waals surface area contributed by atoms with Gasteiger partial charge in [0.05, 0.1) is 0 Å². The predicted molar refractivity (Wildman–Crippen MR) is 78.6 cm³/mol. The molecule has 0 atom stereocenters. The maximum atomic E-state index is 12.4. The number of anilines is 1. The lowest BCUT2D eigenvalue weighted by Crippen LogP contribution is -2.25. The van der Waals surface area contributed by atoms with E-state index in [2.05, 4.69) is 28.1 Å². The van der Waals surface area contributed by atoms with Crippen molar-refractivity contribution in [1.82, 2.24) is 4.90 Å². The van der Waals surface area contributed by atoms with Crippen LogP contribution in [-0.4, -0.2) is 10.8 Å². The van der Waals surface area contributed by atoms with Crippen LogP contribution in [0.2, 0.25) is 0 Å². The van der Waals surface area contributed by atoms with Crippen molar-refractivity contribution in [2.24, 2.45) is 0 Å². The second-order valence-corrected chi connectivity index (χ2v) is 5.52. The topological polar surface area (TPSA) is 46.3 Å². The van der Waals surface area contributed by atoms with Crippen molar-refractivity contribution in [3.63, 3.8) is 0 Å². The number of rotatable bonds is 1. The number of nitrogens with two attached hydrogens (primary N) is 1. The molecule has 0 bridgehead atoms. The maximum absolute atomic E-state index is 12.4. The van der Waals surface area contributed by atoms with Crippen molar-refractivity contribution in [2.45, 2.75) is 13.1 Å². The summed E-state index contributed by atoms with van der Waals surface area (Å²) >= 11 is 3.34. The Labute approximate surface area is 120 Å². The van der Waals surface area contributed by atoms with E-state index < -0.39 is 0 Å². The maximum Gasteiger partial charge on any atom is 0.254 e. The molecule has 2 aromatic rings. The molecule has 19 heavy (non-hydrogen) atoms. The fourth-order valence-corrected chi connectivity index (χ4v) is 2.58. The molecule has 1 amide bonds. The molecular weight excluding hydrogens is 304 g/mol. The SMILES string of the molecule is Nc1cc(C(=O)N2Cc3ccccc3C2)ccc1Br. The van der Waals surface area contributed by atoms with Crippen LogP contribution in [0.1, 0.15) is 21.5 Å². The Morgan fingerprint density at radius 1 is 1.11 bits per heavy atom. The first-order valence-corrected chi connectivity index (χ1v) is 6.85. The molecule has 1 heterocycles. The highest BCUT2D eigenvalue weighted by Crippen LogP contribution is 2.26. The average molecular weight is 317 g/mol. The van der Waals surface area contributed by atoms with Crippen LogP contribution in [-0.2, 0) is 13.1 Å². The van der Waals surface area contributed by atoms with Gasteiger partial charge in [-0.3, -0.25) is 4.79 Å². The summed E-state index contributed by atoms with van der Waals surface area (Å²) in [4.78, 5) is 14.3. The van der Waals surface area contributed by atoms with Crippen molar-refractivity contribution in [1.29, 1.82) is 0 Å². The van der Waals surface area contributed by atoms with Gasteiger partial charge >= 0.3 is 0 Å². The summed E-state index contributed by atoms with van der Waals surface area (Å²) in [5, 5.41) is 0. The number of benzene rings is 2. The van der Waals surface area contributed by atoms with Crippen LogP contribution in [0.5, 0.6) is 0 Å². The van der Waals surface area contributed by atoms with Gasteiger partial charge in [-0.15, -0.1) is 0 Å². The van der Waals surface area contributed by atoms with Gasteiger partial charge in [0.15, 0.2) is 0 Å². The number of fused-ring (bicyclic) bond motifs is 1. The number of carbonyl (C=O) groups excluding carboxylic acids is 1. The fourth-order valence-electron chi connectivity index (χ4n) is 2.34. The Morgan fingerprint density at radius 3 is 2.32 bits per heavy atom. The van der Waals surface area contributed by atoms with Crippen molar-refractivity contribution in [3.05, 3.63) is 63.6 Å². The molecule has 0 saturated carbocycles. The van der Waals surface area contributed by atoms with Crippen LogP contribution in [0.25, 0.3) is 0 Å². The lowest BCUT2D eigenvalue weighted by molar-refractivity contribution is 0.0751. The number of nitrogen functional groups attached to an aromatic ring is 1. The zero-order valence-electron chi connectivity index (χ0n) is 10.3. The molecule has 0 fully saturated rings. The summed E-state index contributed by atoms with van der Waals surface area (Å²) in [5.74, 6) is 0.0235. The van der Waals surface area contributed by atoms with Crippen molar-refractivity contribution < 1.29 is 4.79 Å². The van der Waals surface area contributed by atoms with Gasteiger partial charge in [0.25, 0.3) is 5.91 Å². The lowest BCUT2D eigenvalue weighted by Gasteiger charge is -2.15. The van der Waals surface area contributed by atoms with Gasteiger partial charge in [-0.05, 0) is 45.3 Å². The van der Waals surface area contributed by atoms with Gasteiger partial charge < -0.3 is 10.6 Å². The third-order valence-electron chi connectivity index (χ3n) is 3.37. The van der Waals surface area contributed by atoms with Crippen LogP contribution < -0.4 is 5.73 Å². The standard InChI is InChI=1S/C15H13BrN2O/c16-13-6-5-10(7-14(13)17)15(19)18-8-11-3-1-2-4-12(11)9-18/h1-7H,8-9,17H2. The van der Waals surface area contributed by atoms with Gasteiger partial charge in [0.2, 0.25) is 0 Å². The van der Waals surface area contributed by atoms with E-state index in [0.717, 1.165) is 4.47 Å². The largest absolute Gasteiger partial charge is 0.398 e.